The fraction of sp³-hybridized carbons (Fsp3) is 0.481. The summed E-state index contributed by atoms with van der Waals surface area (Å²) in [5, 5.41) is 7.24. The zero-order chi connectivity index (χ0) is 24.1. The minimum Gasteiger partial charge on any atom is -0.475 e. The molecule has 178 valence electrons. The molecule has 0 bridgehead atoms. The van der Waals surface area contributed by atoms with Crippen LogP contribution in [0.5, 0.6) is 5.88 Å². The van der Waals surface area contributed by atoms with Crippen LogP contribution < -0.4 is 15.4 Å². The molecule has 2 heterocycles. The Morgan fingerprint density at radius 2 is 2.06 bits per heavy atom. The maximum atomic E-state index is 12.3. The fourth-order valence-electron chi connectivity index (χ4n) is 4.83. The molecular weight excluding hydrogens is 430 g/mol. The van der Waals surface area contributed by atoms with Gasteiger partial charge in [-0.15, -0.1) is 0 Å². The Bertz CT molecular complexity index is 1140. The van der Waals surface area contributed by atoms with Crippen LogP contribution in [0.1, 0.15) is 61.4 Å². The average molecular weight is 462 g/mol. The van der Waals surface area contributed by atoms with Gasteiger partial charge in [-0.25, -0.2) is 4.98 Å². The number of nitrogens with zero attached hydrogens (tertiary/aromatic N) is 1. The Labute approximate surface area is 200 Å². The van der Waals surface area contributed by atoms with Gasteiger partial charge in [-0.3, -0.25) is 9.59 Å². The van der Waals surface area contributed by atoms with E-state index in [1.165, 1.54) is 0 Å². The van der Waals surface area contributed by atoms with Gasteiger partial charge in [-0.05, 0) is 49.8 Å². The van der Waals surface area contributed by atoms with E-state index in [1.807, 2.05) is 12.1 Å². The summed E-state index contributed by atoms with van der Waals surface area (Å²) in [5.41, 5.74) is 1.28. The van der Waals surface area contributed by atoms with E-state index in [0.29, 0.717) is 24.5 Å². The zero-order valence-electron chi connectivity index (χ0n) is 19.7. The number of ether oxygens (including phenoxy) is 1. The molecule has 0 spiro atoms. The summed E-state index contributed by atoms with van der Waals surface area (Å²) in [6.07, 6.45) is 7.77. The van der Waals surface area contributed by atoms with Crippen molar-refractivity contribution >= 4 is 28.9 Å². The van der Waals surface area contributed by atoms with Crippen LogP contribution in [0, 0.1) is 29.6 Å². The van der Waals surface area contributed by atoms with Crippen LogP contribution >= 0.6 is 0 Å². The standard InChI is InChI=1S/C27H31N3O4/c1-3-19-13-25(32)30-24(19)16-34-27-22-11-10-20(26(33)28-2)12-23(22)21(14-29-27)9-8-17-4-6-18(15-31)7-5-17/h10-12,14-15,17-19,24H,3-7,13,16H2,1-2H3,(H,28,33)(H,30,32)/t17?,18?,19-,24-/m1/s1. The highest BCUT2D eigenvalue weighted by molar-refractivity contribution is 6.01. The van der Waals surface area contributed by atoms with E-state index in [2.05, 4.69) is 34.4 Å². The molecule has 1 aliphatic heterocycles. The average Bonchev–Trinajstić information content (AvgIpc) is 3.25. The summed E-state index contributed by atoms with van der Waals surface area (Å²) in [6, 6.07) is 5.37. The van der Waals surface area contributed by atoms with Crippen molar-refractivity contribution in [3.05, 3.63) is 35.5 Å². The van der Waals surface area contributed by atoms with Crippen LogP contribution in [0.15, 0.2) is 24.4 Å². The number of aromatic nitrogens is 1. The first-order valence-corrected chi connectivity index (χ1v) is 12.1. The summed E-state index contributed by atoms with van der Waals surface area (Å²) >= 11 is 0. The van der Waals surface area contributed by atoms with Gasteiger partial charge < -0.3 is 20.2 Å². The smallest absolute Gasteiger partial charge is 0.251 e. The molecule has 2 amide bonds. The van der Waals surface area contributed by atoms with Gasteiger partial charge in [-0.2, -0.15) is 0 Å². The van der Waals surface area contributed by atoms with Gasteiger partial charge in [0, 0.05) is 47.8 Å². The summed E-state index contributed by atoms with van der Waals surface area (Å²) in [7, 11) is 1.60. The molecule has 2 atom stereocenters. The number of benzene rings is 1. The molecular formula is C27H31N3O4. The zero-order valence-corrected chi connectivity index (χ0v) is 19.7. The quantitative estimate of drug-likeness (QED) is 0.508. The molecule has 7 nitrogen and oxygen atoms in total. The molecule has 1 aromatic carbocycles. The molecule has 2 N–H and O–H groups in total. The number of pyridine rings is 1. The predicted molar refractivity (Wildman–Crippen MR) is 129 cm³/mol. The Morgan fingerprint density at radius 3 is 2.76 bits per heavy atom. The van der Waals surface area contributed by atoms with E-state index < -0.39 is 0 Å². The van der Waals surface area contributed by atoms with Crippen LogP contribution in [0.4, 0.5) is 0 Å². The minimum absolute atomic E-state index is 0.0412. The number of aldehydes is 1. The Hall–Kier alpha value is -3.40. The molecule has 4 rings (SSSR count). The highest BCUT2D eigenvalue weighted by Crippen LogP contribution is 2.30. The lowest BCUT2D eigenvalue weighted by atomic mass is 9.83. The summed E-state index contributed by atoms with van der Waals surface area (Å²) in [5.74, 6) is 7.64. The number of nitrogens with one attached hydrogen (secondary N) is 2. The number of hydrogen-bond acceptors (Lipinski definition) is 5. The lowest BCUT2D eigenvalue weighted by Crippen LogP contribution is -2.34. The van der Waals surface area contributed by atoms with Crippen LogP contribution in [0.25, 0.3) is 10.8 Å². The monoisotopic (exact) mass is 461 g/mol. The van der Waals surface area contributed by atoms with Crippen LogP contribution in [-0.4, -0.2) is 42.8 Å². The van der Waals surface area contributed by atoms with Gasteiger partial charge in [0.15, 0.2) is 0 Å². The van der Waals surface area contributed by atoms with E-state index >= 15 is 0 Å². The third kappa shape index (κ3) is 5.22. The number of carbonyl (C=O) groups excluding carboxylic acids is 3. The SMILES string of the molecule is CC[C@@H]1CC(=O)N[C@@H]1COc1ncc(C#CC2CCC(C=O)CC2)c2cc(C(=O)NC)ccc12. The Balaban J connectivity index is 1.61. The van der Waals surface area contributed by atoms with E-state index in [9.17, 15) is 14.4 Å². The van der Waals surface area contributed by atoms with Crippen molar-refractivity contribution in [2.24, 2.45) is 17.8 Å². The van der Waals surface area contributed by atoms with Crippen molar-refractivity contribution in [3.8, 4) is 17.7 Å². The normalized spacial score (nSPS) is 24.1. The summed E-state index contributed by atoms with van der Waals surface area (Å²) in [4.78, 5) is 39.6. The molecule has 7 heteroatoms. The topological polar surface area (TPSA) is 97.4 Å². The van der Waals surface area contributed by atoms with Gasteiger partial charge in [0.2, 0.25) is 11.8 Å². The second-order valence-electron chi connectivity index (χ2n) is 9.19. The van der Waals surface area contributed by atoms with E-state index in [1.54, 1.807) is 19.3 Å². The van der Waals surface area contributed by atoms with Gasteiger partial charge in [-0.1, -0.05) is 25.2 Å². The van der Waals surface area contributed by atoms with Crippen molar-refractivity contribution < 1.29 is 19.1 Å². The maximum absolute atomic E-state index is 12.3. The van der Waals surface area contributed by atoms with Gasteiger partial charge in [0.05, 0.1) is 11.6 Å². The first-order valence-electron chi connectivity index (χ1n) is 12.1. The van der Waals surface area contributed by atoms with Crippen molar-refractivity contribution in [2.45, 2.75) is 51.5 Å². The first kappa shape index (κ1) is 23.7. The van der Waals surface area contributed by atoms with Crippen molar-refractivity contribution in [1.82, 2.24) is 15.6 Å². The number of hydrogen-bond donors (Lipinski definition) is 2. The molecule has 1 aliphatic carbocycles. The van der Waals surface area contributed by atoms with Gasteiger partial charge in [0.25, 0.3) is 5.91 Å². The summed E-state index contributed by atoms with van der Waals surface area (Å²) < 4.78 is 6.08. The molecule has 0 radical (unpaired) electrons. The molecule has 0 unspecified atom stereocenters. The molecule has 2 aliphatic rings. The molecule has 1 saturated carbocycles. The molecule has 2 fully saturated rings. The van der Waals surface area contributed by atoms with Crippen LogP contribution in [0.3, 0.4) is 0 Å². The van der Waals surface area contributed by atoms with Gasteiger partial charge >= 0.3 is 0 Å². The highest BCUT2D eigenvalue weighted by Gasteiger charge is 2.31. The van der Waals surface area contributed by atoms with Crippen LogP contribution in [0.2, 0.25) is 0 Å². The summed E-state index contributed by atoms with van der Waals surface area (Å²) in [6.45, 7) is 2.42. The van der Waals surface area contributed by atoms with E-state index in [0.717, 1.165) is 54.7 Å². The predicted octanol–water partition coefficient (Wildman–Crippen LogP) is 3.24. The van der Waals surface area contributed by atoms with Crippen molar-refractivity contribution in [2.75, 3.05) is 13.7 Å². The largest absolute Gasteiger partial charge is 0.475 e. The molecule has 2 aromatic rings. The van der Waals surface area contributed by atoms with Gasteiger partial charge in [0.1, 0.15) is 12.9 Å². The molecule has 1 aromatic heterocycles. The number of carbonyl (C=O) groups is 3. The third-order valence-electron chi connectivity index (χ3n) is 7.00. The molecule has 1 saturated heterocycles. The Morgan fingerprint density at radius 1 is 1.26 bits per heavy atom. The van der Waals surface area contributed by atoms with Crippen LogP contribution in [-0.2, 0) is 9.59 Å². The second-order valence-corrected chi connectivity index (χ2v) is 9.19. The first-order chi connectivity index (χ1) is 16.5. The number of fused-ring (bicyclic) bond motifs is 1. The molecule has 34 heavy (non-hydrogen) atoms. The lowest BCUT2D eigenvalue weighted by molar-refractivity contribution is -0.119. The Kier molecular flexibility index (Phi) is 7.46. The maximum Gasteiger partial charge on any atom is 0.251 e. The minimum atomic E-state index is -0.174. The fourth-order valence-corrected chi connectivity index (χ4v) is 4.83. The lowest BCUT2D eigenvalue weighted by Gasteiger charge is -2.21. The van der Waals surface area contributed by atoms with E-state index in [-0.39, 0.29) is 35.6 Å². The number of amides is 2. The highest BCUT2D eigenvalue weighted by atomic mass is 16.5. The van der Waals surface area contributed by atoms with Crippen molar-refractivity contribution in [1.29, 1.82) is 0 Å². The number of rotatable bonds is 6. The second kappa shape index (κ2) is 10.7. The van der Waals surface area contributed by atoms with E-state index in [4.69, 9.17) is 4.74 Å². The van der Waals surface area contributed by atoms with Crippen molar-refractivity contribution in [3.63, 3.8) is 0 Å². The third-order valence-corrected chi connectivity index (χ3v) is 7.00.